The van der Waals surface area contributed by atoms with E-state index in [1.807, 2.05) is 0 Å². The summed E-state index contributed by atoms with van der Waals surface area (Å²) in [6.07, 6.45) is 4.03. The summed E-state index contributed by atoms with van der Waals surface area (Å²) >= 11 is 0. The van der Waals surface area contributed by atoms with Gasteiger partial charge in [-0.25, -0.2) is 4.39 Å². The minimum absolute atomic E-state index is 0. The van der Waals surface area contributed by atoms with Crippen LogP contribution in [-0.2, 0) is 12.0 Å². The van der Waals surface area contributed by atoms with Gasteiger partial charge in [0.05, 0.1) is 0 Å². The third kappa shape index (κ3) is 2.90. The molecule has 3 nitrogen and oxygen atoms in total. The van der Waals surface area contributed by atoms with Gasteiger partial charge in [-0.05, 0) is 50.6 Å². The lowest BCUT2D eigenvalue weighted by Crippen LogP contribution is -2.45. The monoisotopic (exact) mass is 389 g/mol. The molecule has 5 heteroatoms. The summed E-state index contributed by atoms with van der Waals surface area (Å²) in [6.45, 7) is 4.39. The predicted molar refractivity (Wildman–Crippen MR) is 105 cm³/mol. The average Bonchev–Trinajstić information content (AvgIpc) is 3.32. The molecule has 1 aliphatic carbocycles. The zero-order chi connectivity index (χ0) is 17.7. The van der Waals surface area contributed by atoms with Crippen LogP contribution in [0.3, 0.4) is 0 Å². The van der Waals surface area contributed by atoms with Gasteiger partial charge in [0.1, 0.15) is 5.82 Å². The van der Waals surface area contributed by atoms with Crippen LogP contribution >= 0.6 is 12.4 Å². The van der Waals surface area contributed by atoms with Gasteiger partial charge in [-0.1, -0.05) is 30.3 Å². The topological polar surface area (TPSA) is 21.7 Å². The molecule has 2 aromatic carbocycles. The molecule has 1 fully saturated rings. The quantitative estimate of drug-likeness (QED) is 0.720. The SMILES string of the molecule is CC1(N2CCC(c3ccccc3)C2)CCCc2c3c(cc(F)c21)OCO3.Cl. The predicted octanol–water partition coefficient (Wildman–Crippen LogP) is 5.02. The van der Waals surface area contributed by atoms with E-state index in [9.17, 15) is 0 Å². The third-order valence-corrected chi connectivity index (χ3v) is 6.50. The van der Waals surface area contributed by atoms with Crippen molar-refractivity contribution in [2.24, 2.45) is 0 Å². The largest absolute Gasteiger partial charge is 0.453 e. The van der Waals surface area contributed by atoms with Crippen molar-refractivity contribution in [2.75, 3.05) is 19.9 Å². The lowest BCUT2D eigenvalue weighted by atomic mass is 9.75. The molecule has 0 aromatic heterocycles. The Morgan fingerprint density at radius 2 is 2.00 bits per heavy atom. The molecule has 144 valence electrons. The van der Waals surface area contributed by atoms with Crippen LogP contribution in [0, 0.1) is 5.82 Å². The molecule has 0 spiro atoms. The van der Waals surface area contributed by atoms with Gasteiger partial charge < -0.3 is 9.47 Å². The highest BCUT2D eigenvalue weighted by molar-refractivity contribution is 5.85. The fourth-order valence-corrected chi connectivity index (χ4v) is 5.15. The van der Waals surface area contributed by atoms with Crippen molar-refractivity contribution < 1.29 is 13.9 Å². The Balaban J connectivity index is 0.00000180. The van der Waals surface area contributed by atoms with Crippen LogP contribution in [0.15, 0.2) is 36.4 Å². The second-order valence-electron chi connectivity index (χ2n) is 7.92. The molecule has 0 saturated carbocycles. The Bertz CT molecular complexity index is 844. The van der Waals surface area contributed by atoms with Crippen molar-refractivity contribution in [1.29, 1.82) is 0 Å². The van der Waals surface area contributed by atoms with Crippen LogP contribution in [0.1, 0.15) is 48.8 Å². The molecule has 5 rings (SSSR count). The standard InChI is InChI=1S/C22H24FNO2.ClH/c1-22(24-11-9-16(13-24)15-6-3-2-4-7-15)10-5-8-17-20(22)18(23)12-19-21(17)26-14-25-19;/h2-4,6-7,12,16H,5,8-11,13-14H2,1H3;1H. The minimum atomic E-state index is -0.276. The Morgan fingerprint density at radius 1 is 1.19 bits per heavy atom. The van der Waals surface area contributed by atoms with E-state index < -0.39 is 0 Å². The first kappa shape index (κ1) is 18.6. The minimum Gasteiger partial charge on any atom is -0.453 e. The van der Waals surface area contributed by atoms with E-state index in [1.54, 1.807) is 0 Å². The average molecular weight is 390 g/mol. The molecule has 2 atom stereocenters. The summed E-state index contributed by atoms with van der Waals surface area (Å²) < 4.78 is 26.3. The van der Waals surface area contributed by atoms with Crippen molar-refractivity contribution in [3.8, 4) is 11.5 Å². The number of nitrogens with zero attached hydrogens (tertiary/aromatic N) is 1. The van der Waals surface area contributed by atoms with E-state index >= 15 is 4.39 Å². The molecule has 3 aliphatic rings. The summed E-state index contributed by atoms with van der Waals surface area (Å²) in [7, 11) is 0. The Hall–Kier alpha value is -1.78. The first-order valence-corrected chi connectivity index (χ1v) is 9.58. The lowest BCUT2D eigenvalue weighted by molar-refractivity contribution is 0.106. The maximum Gasteiger partial charge on any atom is 0.231 e. The molecule has 27 heavy (non-hydrogen) atoms. The number of hydrogen-bond acceptors (Lipinski definition) is 3. The fraction of sp³-hybridized carbons (Fsp3) is 0.455. The van der Waals surface area contributed by atoms with Gasteiger partial charge in [0.25, 0.3) is 0 Å². The van der Waals surface area contributed by atoms with E-state index in [4.69, 9.17) is 9.47 Å². The van der Waals surface area contributed by atoms with Crippen LogP contribution in [0.5, 0.6) is 11.5 Å². The summed E-state index contributed by atoms with van der Waals surface area (Å²) in [5.74, 6) is 1.71. The highest BCUT2D eigenvalue weighted by atomic mass is 35.5. The third-order valence-electron chi connectivity index (χ3n) is 6.50. The van der Waals surface area contributed by atoms with Gasteiger partial charge in [0.15, 0.2) is 11.5 Å². The molecule has 0 amide bonds. The number of likely N-dealkylation sites (tertiary alicyclic amines) is 1. The maximum atomic E-state index is 15.1. The molecule has 2 unspecified atom stereocenters. The van der Waals surface area contributed by atoms with Crippen LogP contribution in [0.2, 0.25) is 0 Å². The van der Waals surface area contributed by atoms with Crippen molar-refractivity contribution in [3.63, 3.8) is 0 Å². The van der Waals surface area contributed by atoms with Gasteiger partial charge in [-0.15, -0.1) is 12.4 Å². The van der Waals surface area contributed by atoms with E-state index in [0.717, 1.165) is 55.6 Å². The van der Waals surface area contributed by atoms with Gasteiger partial charge in [-0.2, -0.15) is 0 Å². The first-order chi connectivity index (χ1) is 12.7. The van der Waals surface area contributed by atoms with Crippen LogP contribution < -0.4 is 9.47 Å². The number of benzene rings is 2. The molecule has 0 radical (unpaired) electrons. The molecule has 2 aliphatic heterocycles. The van der Waals surface area contributed by atoms with Crippen molar-refractivity contribution in [2.45, 2.75) is 44.1 Å². The molecule has 1 saturated heterocycles. The zero-order valence-corrected chi connectivity index (χ0v) is 16.4. The van der Waals surface area contributed by atoms with Crippen molar-refractivity contribution in [3.05, 3.63) is 58.9 Å². The van der Waals surface area contributed by atoms with Gasteiger partial charge >= 0.3 is 0 Å². The Kier molecular flexibility index (Phi) is 4.81. The summed E-state index contributed by atoms with van der Waals surface area (Å²) in [4.78, 5) is 2.49. The zero-order valence-electron chi connectivity index (χ0n) is 15.5. The summed E-state index contributed by atoms with van der Waals surface area (Å²) in [5.41, 5.74) is 2.97. The maximum absolute atomic E-state index is 15.1. The number of ether oxygens (including phenoxy) is 2. The summed E-state index contributed by atoms with van der Waals surface area (Å²) in [6, 6.07) is 12.2. The Morgan fingerprint density at radius 3 is 2.81 bits per heavy atom. The molecular formula is C22H25ClFNO2. The van der Waals surface area contributed by atoms with E-state index in [-0.39, 0.29) is 30.6 Å². The van der Waals surface area contributed by atoms with Crippen LogP contribution in [0.4, 0.5) is 4.39 Å². The number of rotatable bonds is 2. The van der Waals surface area contributed by atoms with E-state index in [1.165, 1.54) is 11.6 Å². The Labute approximate surface area is 165 Å². The second kappa shape index (κ2) is 6.99. The number of fused-ring (bicyclic) bond motifs is 3. The van der Waals surface area contributed by atoms with E-state index in [2.05, 4.69) is 42.2 Å². The molecule has 2 heterocycles. The normalized spacial score (nSPS) is 26.5. The van der Waals surface area contributed by atoms with Crippen LogP contribution in [0.25, 0.3) is 0 Å². The second-order valence-corrected chi connectivity index (χ2v) is 7.92. The highest BCUT2D eigenvalue weighted by Gasteiger charge is 2.45. The first-order valence-electron chi connectivity index (χ1n) is 9.58. The smallest absolute Gasteiger partial charge is 0.231 e. The number of hydrogen-bond donors (Lipinski definition) is 0. The molecule has 2 aromatic rings. The van der Waals surface area contributed by atoms with Crippen molar-refractivity contribution in [1.82, 2.24) is 4.90 Å². The molecule has 0 N–H and O–H groups in total. The number of halogens is 2. The molecule has 0 bridgehead atoms. The van der Waals surface area contributed by atoms with Gasteiger partial charge in [-0.3, -0.25) is 4.90 Å². The highest BCUT2D eigenvalue weighted by Crippen LogP contribution is 2.50. The molecular weight excluding hydrogens is 365 g/mol. The fourth-order valence-electron chi connectivity index (χ4n) is 5.15. The summed E-state index contributed by atoms with van der Waals surface area (Å²) in [5, 5.41) is 0. The lowest BCUT2D eigenvalue weighted by Gasteiger charge is -2.44. The van der Waals surface area contributed by atoms with Gasteiger partial charge in [0.2, 0.25) is 6.79 Å². The van der Waals surface area contributed by atoms with Crippen molar-refractivity contribution >= 4 is 12.4 Å². The van der Waals surface area contributed by atoms with Crippen LogP contribution in [-0.4, -0.2) is 24.8 Å². The van der Waals surface area contributed by atoms with Gasteiger partial charge in [0, 0.05) is 29.3 Å². The van der Waals surface area contributed by atoms with E-state index in [0.29, 0.717) is 11.7 Å².